The zero-order chi connectivity index (χ0) is 15.7. The summed E-state index contributed by atoms with van der Waals surface area (Å²) >= 11 is 0. The Kier molecular flexibility index (Phi) is 3.79. The molecule has 112 valence electrons. The van der Waals surface area contributed by atoms with Crippen LogP contribution in [0.3, 0.4) is 0 Å². The Hall–Kier alpha value is -2.64. The summed E-state index contributed by atoms with van der Waals surface area (Å²) in [5.41, 5.74) is 0.873. The number of hydrogen-bond donors (Lipinski definition) is 4. The van der Waals surface area contributed by atoms with E-state index in [4.69, 9.17) is 5.11 Å². The first-order valence-electron chi connectivity index (χ1n) is 6.38. The van der Waals surface area contributed by atoms with E-state index >= 15 is 0 Å². The molecule has 2 rings (SSSR count). The molecule has 0 radical (unpaired) electrons. The second-order valence-electron chi connectivity index (χ2n) is 4.91. The smallest absolute Gasteiger partial charge is 0.352 e. The number of nitrogens with one attached hydrogen (secondary N) is 3. The number of imide groups is 1. The van der Waals surface area contributed by atoms with Gasteiger partial charge in [-0.3, -0.25) is 19.7 Å². The molecule has 1 aliphatic rings. The quantitative estimate of drug-likeness (QED) is 0.577. The molecule has 2 heterocycles. The van der Waals surface area contributed by atoms with E-state index in [1.807, 2.05) is 0 Å². The highest BCUT2D eigenvalue weighted by molar-refractivity contribution is 6.05. The molecule has 0 bridgehead atoms. The molecule has 1 aliphatic heterocycles. The summed E-state index contributed by atoms with van der Waals surface area (Å²) in [6.07, 6.45) is 0.382. The van der Waals surface area contributed by atoms with Crippen molar-refractivity contribution in [3.05, 3.63) is 22.5 Å². The SMILES string of the molecule is Cc1[nH]c(C(=O)O)c(C)c1C(=O)NC1CCC(=O)NC1=O. The minimum absolute atomic E-state index is 0.0547. The topological polar surface area (TPSA) is 128 Å². The lowest BCUT2D eigenvalue weighted by Gasteiger charge is -2.21. The first kappa shape index (κ1) is 14.8. The highest BCUT2D eigenvalue weighted by Crippen LogP contribution is 2.18. The van der Waals surface area contributed by atoms with E-state index in [0.717, 1.165) is 0 Å². The highest BCUT2D eigenvalue weighted by Gasteiger charge is 2.30. The number of aromatic nitrogens is 1. The van der Waals surface area contributed by atoms with Crippen LogP contribution in [0, 0.1) is 13.8 Å². The predicted octanol–water partition coefficient (Wildman–Crippen LogP) is -0.135. The third-order valence-electron chi connectivity index (χ3n) is 3.42. The number of carboxylic acids is 1. The Morgan fingerprint density at radius 1 is 1.29 bits per heavy atom. The molecule has 1 aromatic rings. The fourth-order valence-corrected chi connectivity index (χ4v) is 2.37. The highest BCUT2D eigenvalue weighted by atomic mass is 16.4. The number of hydrogen-bond acceptors (Lipinski definition) is 4. The second kappa shape index (κ2) is 5.39. The van der Waals surface area contributed by atoms with Crippen molar-refractivity contribution in [2.75, 3.05) is 0 Å². The van der Waals surface area contributed by atoms with Gasteiger partial charge in [0.05, 0.1) is 5.56 Å². The third-order valence-corrected chi connectivity index (χ3v) is 3.42. The number of aryl methyl sites for hydroxylation is 1. The van der Waals surface area contributed by atoms with Crippen LogP contribution >= 0.6 is 0 Å². The van der Waals surface area contributed by atoms with Gasteiger partial charge in [0, 0.05) is 12.1 Å². The van der Waals surface area contributed by atoms with Crippen molar-refractivity contribution in [1.82, 2.24) is 15.6 Å². The average molecular weight is 293 g/mol. The van der Waals surface area contributed by atoms with Crippen LogP contribution in [-0.4, -0.2) is 39.8 Å². The summed E-state index contributed by atoms with van der Waals surface area (Å²) < 4.78 is 0. The Balaban J connectivity index is 2.20. The monoisotopic (exact) mass is 293 g/mol. The standard InChI is InChI=1S/C13H15N3O5/c1-5-9(6(2)14-10(5)13(20)21)12(19)15-7-3-4-8(17)16-11(7)18/h7,14H,3-4H2,1-2H3,(H,15,19)(H,20,21)(H,16,17,18). The molecule has 4 N–H and O–H groups in total. The molecule has 21 heavy (non-hydrogen) atoms. The lowest BCUT2D eigenvalue weighted by atomic mass is 10.0. The molecule has 1 saturated heterocycles. The van der Waals surface area contributed by atoms with Crippen LogP contribution < -0.4 is 10.6 Å². The molecule has 1 unspecified atom stereocenters. The van der Waals surface area contributed by atoms with Crippen molar-refractivity contribution >= 4 is 23.7 Å². The lowest BCUT2D eigenvalue weighted by molar-refractivity contribution is -0.134. The molecule has 8 heteroatoms. The second-order valence-corrected chi connectivity index (χ2v) is 4.91. The van der Waals surface area contributed by atoms with E-state index in [1.165, 1.54) is 6.92 Å². The Morgan fingerprint density at radius 2 is 1.95 bits per heavy atom. The normalized spacial score (nSPS) is 18.3. The summed E-state index contributed by atoms with van der Waals surface area (Å²) in [5.74, 6) is -2.62. The number of amides is 3. The van der Waals surface area contributed by atoms with Gasteiger partial charge in [0.25, 0.3) is 5.91 Å². The maximum atomic E-state index is 12.2. The van der Waals surface area contributed by atoms with E-state index in [9.17, 15) is 19.2 Å². The van der Waals surface area contributed by atoms with Crippen LogP contribution in [-0.2, 0) is 9.59 Å². The van der Waals surface area contributed by atoms with Crippen LogP contribution in [0.2, 0.25) is 0 Å². The zero-order valence-corrected chi connectivity index (χ0v) is 11.6. The van der Waals surface area contributed by atoms with Gasteiger partial charge in [0.15, 0.2) is 0 Å². The van der Waals surface area contributed by atoms with Crippen LogP contribution in [0.15, 0.2) is 0 Å². The number of rotatable bonds is 3. The van der Waals surface area contributed by atoms with E-state index in [2.05, 4.69) is 15.6 Å². The Labute approximate surface area is 119 Å². The third kappa shape index (κ3) is 2.78. The van der Waals surface area contributed by atoms with Gasteiger partial charge in [-0.1, -0.05) is 0 Å². The molecule has 1 atom stereocenters. The van der Waals surface area contributed by atoms with Gasteiger partial charge in [-0.25, -0.2) is 4.79 Å². The van der Waals surface area contributed by atoms with Crippen LogP contribution in [0.1, 0.15) is 44.9 Å². The van der Waals surface area contributed by atoms with Crippen LogP contribution in [0.4, 0.5) is 0 Å². The predicted molar refractivity (Wildman–Crippen MR) is 70.9 cm³/mol. The molecule has 0 spiro atoms. The largest absolute Gasteiger partial charge is 0.477 e. The van der Waals surface area contributed by atoms with Crippen molar-refractivity contribution in [2.45, 2.75) is 32.7 Å². The van der Waals surface area contributed by atoms with Crippen molar-refractivity contribution in [3.63, 3.8) is 0 Å². The Morgan fingerprint density at radius 3 is 2.48 bits per heavy atom. The molecule has 0 aromatic carbocycles. The zero-order valence-electron chi connectivity index (χ0n) is 11.6. The van der Waals surface area contributed by atoms with E-state index < -0.39 is 23.8 Å². The number of H-pyrrole nitrogens is 1. The summed E-state index contributed by atoms with van der Waals surface area (Å²) in [7, 11) is 0. The summed E-state index contributed by atoms with van der Waals surface area (Å²) in [6.45, 7) is 3.10. The van der Waals surface area contributed by atoms with Gasteiger partial charge in [-0.2, -0.15) is 0 Å². The molecule has 8 nitrogen and oxygen atoms in total. The van der Waals surface area contributed by atoms with Gasteiger partial charge >= 0.3 is 5.97 Å². The van der Waals surface area contributed by atoms with Gasteiger partial charge in [0.2, 0.25) is 11.8 Å². The first-order chi connectivity index (χ1) is 9.81. The number of aromatic amines is 1. The van der Waals surface area contributed by atoms with Crippen LogP contribution in [0.25, 0.3) is 0 Å². The van der Waals surface area contributed by atoms with Gasteiger partial charge in [-0.05, 0) is 25.8 Å². The van der Waals surface area contributed by atoms with E-state index in [0.29, 0.717) is 11.3 Å². The van der Waals surface area contributed by atoms with E-state index in [1.54, 1.807) is 6.92 Å². The molecule has 1 fully saturated rings. The van der Waals surface area contributed by atoms with Crippen molar-refractivity contribution < 1.29 is 24.3 Å². The molecule has 3 amide bonds. The molecular formula is C13H15N3O5. The van der Waals surface area contributed by atoms with Crippen molar-refractivity contribution in [3.8, 4) is 0 Å². The maximum Gasteiger partial charge on any atom is 0.352 e. The molecule has 0 aliphatic carbocycles. The Bertz CT molecular complexity index is 646. The number of piperidine rings is 1. The van der Waals surface area contributed by atoms with Crippen molar-refractivity contribution in [1.29, 1.82) is 0 Å². The van der Waals surface area contributed by atoms with Crippen LogP contribution in [0.5, 0.6) is 0 Å². The van der Waals surface area contributed by atoms with Gasteiger partial charge in [-0.15, -0.1) is 0 Å². The summed E-state index contributed by atoms with van der Waals surface area (Å²) in [6, 6.07) is -0.794. The number of carbonyl (C=O) groups excluding carboxylic acids is 3. The fraction of sp³-hybridized carbons (Fsp3) is 0.385. The summed E-state index contributed by atoms with van der Waals surface area (Å²) in [5, 5.41) is 13.7. The molecular weight excluding hydrogens is 278 g/mol. The van der Waals surface area contributed by atoms with Crippen molar-refractivity contribution in [2.24, 2.45) is 0 Å². The minimum atomic E-state index is -1.16. The number of carbonyl (C=O) groups is 4. The fourth-order valence-electron chi connectivity index (χ4n) is 2.37. The first-order valence-corrected chi connectivity index (χ1v) is 6.38. The van der Waals surface area contributed by atoms with Gasteiger partial charge < -0.3 is 15.4 Å². The van der Waals surface area contributed by atoms with Gasteiger partial charge in [0.1, 0.15) is 11.7 Å². The molecule has 1 aromatic heterocycles. The lowest BCUT2D eigenvalue weighted by Crippen LogP contribution is -2.52. The maximum absolute atomic E-state index is 12.2. The average Bonchev–Trinajstić information content (AvgIpc) is 2.68. The number of carboxylic acid groups (broad SMARTS) is 1. The minimum Gasteiger partial charge on any atom is -0.477 e. The summed E-state index contributed by atoms with van der Waals surface area (Å²) in [4.78, 5) is 48.5. The van der Waals surface area contributed by atoms with E-state index in [-0.39, 0.29) is 30.0 Å². The number of aromatic carboxylic acids is 1. The molecule has 0 saturated carbocycles.